The molecule has 1 aromatic carbocycles. The van der Waals surface area contributed by atoms with E-state index in [0.717, 1.165) is 29.5 Å². The number of methoxy groups -OCH3 is 2. The highest BCUT2D eigenvalue weighted by Crippen LogP contribution is 2.33. The molecule has 1 aliphatic rings. The highest BCUT2D eigenvalue weighted by atomic mass is 32.1. The molecule has 29 heavy (non-hydrogen) atoms. The smallest absolute Gasteiger partial charge is 0.273 e. The summed E-state index contributed by atoms with van der Waals surface area (Å²) in [4.78, 5) is 25.9. The number of rotatable bonds is 5. The number of pyridine rings is 1. The van der Waals surface area contributed by atoms with Crippen LogP contribution in [-0.2, 0) is 0 Å². The van der Waals surface area contributed by atoms with Gasteiger partial charge < -0.3 is 19.3 Å². The highest BCUT2D eigenvalue weighted by Gasteiger charge is 2.24. The van der Waals surface area contributed by atoms with Gasteiger partial charge in [-0.1, -0.05) is 6.07 Å². The first-order chi connectivity index (χ1) is 14.2. The molecule has 0 saturated carbocycles. The highest BCUT2D eigenvalue weighted by molar-refractivity contribution is 7.13. The van der Waals surface area contributed by atoms with Crippen LogP contribution in [0.3, 0.4) is 0 Å². The topological polar surface area (TPSA) is 67.8 Å². The lowest BCUT2D eigenvalue weighted by molar-refractivity contribution is 0.0741. The predicted octanol–water partition coefficient (Wildman–Crippen LogP) is 3.18. The lowest BCUT2D eigenvalue weighted by Gasteiger charge is -2.35. The van der Waals surface area contributed by atoms with E-state index in [9.17, 15) is 4.79 Å². The van der Waals surface area contributed by atoms with E-state index in [1.165, 1.54) is 11.3 Å². The quantitative estimate of drug-likeness (QED) is 0.644. The van der Waals surface area contributed by atoms with Crippen LogP contribution in [0.15, 0.2) is 48.0 Å². The Morgan fingerprint density at radius 1 is 1.03 bits per heavy atom. The first-order valence-electron chi connectivity index (χ1n) is 9.33. The molecule has 0 aliphatic carbocycles. The standard InChI is InChI=1S/C21H22N4O3S/c1-27-17-7-6-15(13-18(17)28-2)20-23-16(14-29-20)21(26)25-11-9-24(10-12-25)19-5-3-4-8-22-19/h3-8,13-14H,9-12H2,1-2H3. The van der Waals surface area contributed by atoms with Crippen molar-refractivity contribution < 1.29 is 14.3 Å². The van der Waals surface area contributed by atoms with E-state index in [1.807, 2.05) is 46.7 Å². The van der Waals surface area contributed by atoms with E-state index >= 15 is 0 Å². The van der Waals surface area contributed by atoms with Crippen molar-refractivity contribution in [2.75, 3.05) is 45.3 Å². The van der Waals surface area contributed by atoms with E-state index in [0.29, 0.717) is 30.3 Å². The molecule has 0 radical (unpaired) electrons. The summed E-state index contributed by atoms with van der Waals surface area (Å²) in [6.07, 6.45) is 1.79. The number of aromatic nitrogens is 2. The third-order valence-electron chi connectivity index (χ3n) is 4.89. The van der Waals surface area contributed by atoms with Gasteiger partial charge in [0.05, 0.1) is 14.2 Å². The first-order valence-corrected chi connectivity index (χ1v) is 10.2. The Morgan fingerprint density at radius 3 is 2.52 bits per heavy atom. The van der Waals surface area contributed by atoms with Crippen molar-refractivity contribution in [1.29, 1.82) is 0 Å². The summed E-state index contributed by atoms with van der Waals surface area (Å²) in [5.74, 6) is 2.21. The van der Waals surface area contributed by atoms with Crippen molar-refractivity contribution in [3.05, 3.63) is 53.7 Å². The lowest BCUT2D eigenvalue weighted by Crippen LogP contribution is -2.49. The third kappa shape index (κ3) is 4.02. The van der Waals surface area contributed by atoms with Gasteiger partial charge in [0, 0.05) is 43.3 Å². The predicted molar refractivity (Wildman–Crippen MR) is 113 cm³/mol. The molecule has 8 heteroatoms. The van der Waals surface area contributed by atoms with E-state index in [-0.39, 0.29) is 5.91 Å². The molecule has 0 atom stereocenters. The lowest BCUT2D eigenvalue weighted by atomic mass is 10.2. The molecular formula is C21H22N4O3S. The molecule has 7 nitrogen and oxygen atoms in total. The zero-order valence-corrected chi connectivity index (χ0v) is 17.2. The molecule has 0 spiro atoms. The Hall–Kier alpha value is -3.13. The Bertz CT molecular complexity index is 985. The van der Waals surface area contributed by atoms with Crippen molar-refractivity contribution in [2.45, 2.75) is 0 Å². The molecule has 0 N–H and O–H groups in total. The molecule has 0 bridgehead atoms. The number of hydrogen-bond donors (Lipinski definition) is 0. The first kappa shape index (κ1) is 19.2. The van der Waals surface area contributed by atoms with E-state index in [1.54, 1.807) is 20.4 Å². The molecule has 1 aliphatic heterocycles. The molecule has 1 fully saturated rings. The van der Waals surface area contributed by atoms with Crippen molar-refractivity contribution in [2.24, 2.45) is 0 Å². The second kappa shape index (κ2) is 8.48. The normalized spacial score (nSPS) is 14.0. The van der Waals surface area contributed by atoms with Crippen molar-refractivity contribution in [3.8, 4) is 22.1 Å². The largest absolute Gasteiger partial charge is 0.493 e. The van der Waals surface area contributed by atoms with Crippen LogP contribution in [0.4, 0.5) is 5.82 Å². The third-order valence-corrected chi connectivity index (χ3v) is 5.79. The number of ether oxygens (including phenoxy) is 2. The van der Waals surface area contributed by atoms with Gasteiger partial charge in [-0.05, 0) is 30.3 Å². The van der Waals surface area contributed by atoms with Crippen LogP contribution < -0.4 is 14.4 Å². The Balaban J connectivity index is 1.44. The summed E-state index contributed by atoms with van der Waals surface area (Å²) in [7, 11) is 3.20. The summed E-state index contributed by atoms with van der Waals surface area (Å²) in [6.45, 7) is 2.82. The van der Waals surface area contributed by atoms with Crippen molar-refractivity contribution in [3.63, 3.8) is 0 Å². The summed E-state index contributed by atoms with van der Waals surface area (Å²) >= 11 is 1.45. The molecule has 2 aromatic heterocycles. The number of hydrogen-bond acceptors (Lipinski definition) is 7. The average Bonchev–Trinajstić information content (AvgIpc) is 3.29. The zero-order valence-electron chi connectivity index (χ0n) is 16.4. The van der Waals surface area contributed by atoms with Crippen LogP contribution in [0.1, 0.15) is 10.5 Å². The second-order valence-electron chi connectivity index (χ2n) is 6.57. The Morgan fingerprint density at radius 2 is 1.83 bits per heavy atom. The van der Waals surface area contributed by atoms with Crippen LogP contribution in [0.25, 0.3) is 10.6 Å². The van der Waals surface area contributed by atoms with Crippen molar-refractivity contribution in [1.82, 2.24) is 14.9 Å². The van der Waals surface area contributed by atoms with Crippen LogP contribution in [-0.4, -0.2) is 61.2 Å². The maximum atomic E-state index is 12.9. The van der Waals surface area contributed by atoms with Crippen molar-refractivity contribution >= 4 is 23.1 Å². The van der Waals surface area contributed by atoms with Gasteiger partial charge >= 0.3 is 0 Å². The molecule has 1 saturated heterocycles. The number of piperazine rings is 1. The van der Waals surface area contributed by atoms with Gasteiger partial charge in [0.2, 0.25) is 0 Å². The number of nitrogens with zero attached hydrogens (tertiary/aromatic N) is 4. The number of thiazole rings is 1. The molecule has 0 unspecified atom stereocenters. The maximum absolute atomic E-state index is 12.9. The molecular weight excluding hydrogens is 388 g/mol. The zero-order chi connectivity index (χ0) is 20.2. The monoisotopic (exact) mass is 410 g/mol. The molecule has 1 amide bonds. The molecule has 3 heterocycles. The van der Waals surface area contributed by atoms with Crippen LogP contribution in [0, 0.1) is 0 Å². The van der Waals surface area contributed by atoms with Crippen LogP contribution >= 0.6 is 11.3 Å². The minimum Gasteiger partial charge on any atom is -0.493 e. The minimum atomic E-state index is -0.0337. The summed E-state index contributed by atoms with van der Waals surface area (Å²) in [6, 6.07) is 11.5. The number of amides is 1. The Kier molecular flexibility index (Phi) is 5.62. The summed E-state index contributed by atoms with van der Waals surface area (Å²) in [5.41, 5.74) is 1.37. The van der Waals surface area contributed by atoms with Gasteiger partial charge in [0.15, 0.2) is 11.5 Å². The molecule has 3 aromatic rings. The minimum absolute atomic E-state index is 0.0337. The number of anilines is 1. The van der Waals surface area contributed by atoms with Crippen LogP contribution in [0.2, 0.25) is 0 Å². The van der Waals surface area contributed by atoms with E-state index in [4.69, 9.17) is 9.47 Å². The van der Waals surface area contributed by atoms with Gasteiger partial charge in [-0.2, -0.15) is 0 Å². The number of carbonyl (C=O) groups is 1. The molecule has 4 rings (SSSR count). The van der Waals surface area contributed by atoms with E-state index < -0.39 is 0 Å². The number of benzene rings is 1. The van der Waals surface area contributed by atoms with Crippen LogP contribution in [0.5, 0.6) is 11.5 Å². The number of carbonyl (C=O) groups excluding carboxylic acids is 1. The fourth-order valence-electron chi connectivity index (χ4n) is 3.32. The van der Waals surface area contributed by atoms with Gasteiger partial charge in [-0.15, -0.1) is 11.3 Å². The van der Waals surface area contributed by atoms with Gasteiger partial charge in [-0.3, -0.25) is 4.79 Å². The Labute approximate surface area is 173 Å². The van der Waals surface area contributed by atoms with Gasteiger partial charge in [0.1, 0.15) is 16.5 Å². The second-order valence-corrected chi connectivity index (χ2v) is 7.43. The molecule has 150 valence electrons. The summed E-state index contributed by atoms with van der Waals surface area (Å²) < 4.78 is 10.6. The average molecular weight is 410 g/mol. The van der Waals surface area contributed by atoms with E-state index in [2.05, 4.69) is 14.9 Å². The fourth-order valence-corrected chi connectivity index (χ4v) is 4.11. The van der Waals surface area contributed by atoms with Gasteiger partial charge in [-0.25, -0.2) is 9.97 Å². The van der Waals surface area contributed by atoms with Gasteiger partial charge in [0.25, 0.3) is 5.91 Å². The fraction of sp³-hybridized carbons (Fsp3) is 0.286. The summed E-state index contributed by atoms with van der Waals surface area (Å²) in [5, 5.41) is 2.60. The maximum Gasteiger partial charge on any atom is 0.273 e. The SMILES string of the molecule is COc1ccc(-c2nc(C(=O)N3CCN(c4ccccn4)CC3)cs2)cc1OC.